The minimum absolute atomic E-state index is 0.0146. The summed E-state index contributed by atoms with van der Waals surface area (Å²) in [5.74, 6) is 0. The molecule has 1 rings (SSSR count). The van der Waals surface area contributed by atoms with Gasteiger partial charge in [-0.25, -0.2) is 0 Å². The molecule has 0 radical (unpaired) electrons. The van der Waals surface area contributed by atoms with Crippen LogP contribution in [-0.2, 0) is 6.18 Å². The third-order valence-electron chi connectivity index (χ3n) is 2.51. The lowest BCUT2D eigenvalue weighted by molar-refractivity contribution is -0.138. The zero-order valence-corrected chi connectivity index (χ0v) is 9.89. The molecule has 0 aromatic heterocycles. The fourth-order valence-corrected chi connectivity index (χ4v) is 1.70. The summed E-state index contributed by atoms with van der Waals surface area (Å²) in [6.45, 7) is 1.65. The summed E-state index contributed by atoms with van der Waals surface area (Å²) < 4.78 is 38.3. The van der Waals surface area contributed by atoms with Crippen molar-refractivity contribution in [1.82, 2.24) is 0 Å². The van der Waals surface area contributed by atoms with Gasteiger partial charge in [-0.1, -0.05) is 24.6 Å². The second-order valence-electron chi connectivity index (χ2n) is 3.73. The molecule has 1 aromatic rings. The van der Waals surface area contributed by atoms with Crippen LogP contribution in [0.25, 0.3) is 0 Å². The van der Waals surface area contributed by atoms with Crippen LogP contribution in [-0.4, -0.2) is 11.2 Å². The van der Waals surface area contributed by atoms with Gasteiger partial charge in [0.05, 0.1) is 17.7 Å². The molecule has 0 heterocycles. The fourth-order valence-electron chi connectivity index (χ4n) is 1.53. The number of hydrogen-bond acceptors (Lipinski definition) is 2. The second-order valence-corrected chi connectivity index (χ2v) is 4.17. The quantitative estimate of drug-likeness (QED) is 0.884. The van der Waals surface area contributed by atoms with Crippen molar-refractivity contribution in [2.24, 2.45) is 5.73 Å². The van der Waals surface area contributed by atoms with Gasteiger partial charge in [-0.15, -0.1) is 0 Å². The van der Waals surface area contributed by atoms with E-state index >= 15 is 0 Å². The van der Waals surface area contributed by atoms with Gasteiger partial charge < -0.3 is 10.8 Å². The lowest BCUT2D eigenvalue weighted by atomic mass is 9.95. The first kappa shape index (κ1) is 14.3. The minimum Gasteiger partial charge on any atom is -0.391 e. The van der Waals surface area contributed by atoms with Crippen molar-refractivity contribution in [1.29, 1.82) is 0 Å². The predicted molar refractivity (Wildman–Crippen MR) is 59.7 cm³/mol. The van der Waals surface area contributed by atoms with Gasteiger partial charge in [0, 0.05) is 5.02 Å². The Kier molecular flexibility index (Phi) is 4.41. The number of benzene rings is 1. The van der Waals surface area contributed by atoms with Gasteiger partial charge in [0.25, 0.3) is 0 Å². The van der Waals surface area contributed by atoms with Crippen molar-refractivity contribution in [3.63, 3.8) is 0 Å². The number of aliphatic hydroxyl groups is 1. The Morgan fingerprint density at radius 3 is 2.47 bits per heavy atom. The van der Waals surface area contributed by atoms with Crippen molar-refractivity contribution in [2.75, 3.05) is 0 Å². The van der Waals surface area contributed by atoms with Crippen LogP contribution < -0.4 is 5.73 Å². The normalized spacial score (nSPS) is 15.7. The van der Waals surface area contributed by atoms with Gasteiger partial charge in [0.1, 0.15) is 0 Å². The zero-order valence-electron chi connectivity index (χ0n) is 9.13. The summed E-state index contributed by atoms with van der Waals surface area (Å²) in [7, 11) is 0. The Labute approximate surface area is 102 Å². The molecule has 1 aromatic carbocycles. The average molecular weight is 268 g/mol. The lowest BCUT2D eigenvalue weighted by Gasteiger charge is -2.22. The number of nitrogens with two attached hydrogens (primary N) is 1. The van der Waals surface area contributed by atoms with Crippen molar-refractivity contribution in [3.8, 4) is 0 Å². The van der Waals surface area contributed by atoms with Gasteiger partial charge in [0.2, 0.25) is 0 Å². The molecule has 2 atom stereocenters. The molecule has 0 spiro atoms. The molecule has 96 valence electrons. The first-order chi connectivity index (χ1) is 7.77. The van der Waals surface area contributed by atoms with Crippen molar-refractivity contribution in [3.05, 3.63) is 34.3 Å². The third-order valence-corrected chi connectivity index (χ3v) is 2.75. The molecular formula is C11H13ClF3NO. The lowest BCUT2D eigenvalue weighted by Crippen LogP contribution is -2.28. The monoisotopic (exact) mass is 267 g/mol. The van der Waals surface area contributed by atoms with Crippen LogP contribution in [0.3, 0.4) is 0 Å². The Morgan fingerprint density at radius 1 is 1.41 bits per heavy atom. The summed E-state index contributed by atoms with van der Waals surface area (Å²) in [4.78, 5) is 0. The second kappa shape index (κ2) is 5.25. The first-order valence-corrected chi connectivity index (χ1v) is 5.45. The topological polar surface area (TPSA) is 46.2 Å². The molecule has 0 aliphatic heterocycles. The zero-order chi connectivity index (χ0) is 13.2. The van der Waals surface area contributed by atoms with Crippen molar-refractivity contribution >= 4 is 11.6 Å². The molecule has 0 aliphatic rings. The Hall–Kier alpha value is -0.780. The molecule has 0 fully saturated rings. The maximum absolute atomic E-state index is 12.8. The van der Waals surface area contributed by atoms with Crippen molar-refractivity contribution < 1.29 is 18.3 Å². The number of rotatable bonds is 3. The molecule has 0 amide bonds. The Balaban J connectivity index is 3.24. The summed E-state index contributed by atoms with van der Waals surface area (Å²) >= 11 is 5.54. The molecule has 17 heavy (non-hydrogen) atoms. The first-order valence-electron chi connectivity index (χ1n) is 5.07. The number of aliphatic hydroxyl groups excluding tert-OH is 1. The maximum atomic E-state index is 12.8. The molecule has 2 nitrogen and oxygen atoms in total. The summed E-state index contributed by atoms with van der Waals surface area (Å²) in [6, 6.07) is 2.27. The molecule has 0 unspecified atom stereocenters. The van der Waals surface area contributed by atoms with Gasteiger partial charge in [0.15, 0.2) is 0 Å². The summed E-state index contributed by atoms with van der Waals surface area (Å²) in [5, 5.41) is 9.50. The van der Waals surface area contributed by atoms with Gasteiger partial charge in [-0.05, 0) is 24.1 Å². The number of hydrogen-bond donors (Lipinski definition) is 2. The highest BCUT2D eigenvalue weighted by atomic mass is 35.5. The Morgan fingerprint density at radius 2 is 2.00 bits per heavy atom. The van der Waals surface area contributed by atoms with E-state index in [1.165, 1.54) is 12.1 Å². The SMILES string of the molecule is CC[C@H](O)[C@H](N)c1ccc(Cl)cc1C(F)(F)F. The van der Waals surface area contributed by atoms with Crippen LogP contribution in [0.4, 0.5) is 13.2 Å². The van der Waals surface area contributed by atoms with Crippen LogP contribution in [0.15, 0.2) is 18.2 Å². The van der Waals surface area contributed by atoms with E-state index in [1.807, 2.05) is 0 Å². The standard InChI is InChI=1S/C11H13ClF3NO/c1-2-9(17)10(16)7-4-3-6(12)5-8(7)11(13,14)15/h3-5,9-10,17H,2,16H2,1H3/t9-,10+/m0/s1. The predicted octanol–water partition coefficient (Wildman–Crippen LogP) is 3.13. The van der Waals surface area contributed by atoms with E-state index < -0.39 is 23.9 Å². The maximum Gasteiger partial charge on any atom is 0.416 e. The van der Waals surface area contributed by atoms with Gasteiger partial charge >= 0.3 is 6.18 Å². The molecule has 0 aliphatic carbocycles. The molecule has 0 saturated carbocycles. The van der Waals surface area contributed by atoms with E-state index in [0.717, 1.165) is 6.07 Å². The fraction of sp³-hybridized carbons (Fsp3) is 0.455. The minimum atomic E-state index is -4.54. The van der Waals surface area contributed by atoms with E-state index in [-0.39, 0.29) is 17.0 Å². The van der Waals surface area contributed by atoms with Crippen molar-refractivity contribution in [2.45, 2.75) is 31.7 Å². The third kappa shape index (κ3) is 3.34. The van der Waals surface area contributed by atoms with Gasteiger partial charge in [-0.3, -0.25) is 0 Å². The molecule has 6 heteroatoms. The Bertz CT molecular complexity index is 395. The molecule has 0 bridgehead atoms. The van der Waals surface area contributed by atoms with Crippen LogP contribution >= 0.6 is 11.6 Å². The largest absolute Gasteiger partial charge is 0.416 e. The molecular weight excluding hydrogens is 255 g/mol. The van der Waals surface area contributed by atoms with E-state index in [0.29, 0.717) is 0 Å². The van der Waals surface area contributed by atoms with Gasteiger partial charge in [-0.2, -0.15) is 13.2 Å². The van der Waals surface area contributed by atoms with Crippen LogP contribution in [0.5, 0.6) is 0 Å². The molecule has 0 saturated heterocycles. The smallest absolute Gasteiger partial charge is 0.391 e. The van der Waals surface area contributed by atoms with E-state index in [9.17, 15) is 18.3 Å². The summed E-state index contributed by atoms with van der Waals surface area (Å²) in [6.07, 6.45) is -5.27. The van der Waals surface area contributed by atoms with E-state index in [4.69, 9.17) is 17.3 Å². The number of alkyl halides is 3. The molecule has 3 N–H and O–H groups in total. The van der Waals surface area contributed by atoms with Crippen LogP contribution in [0.1, 0.15) is 30.5 Å². The number of halogens is 4. The highest BCUT2D eigenvalue weighted by Gasteiger charge is 2.35. The summed E-state index contributed by atoms with van der Waals surface area (Å²) in [5.41, 5.74) is 4.56. The highest BCUT2D eigenvalue weighted by Crippen LogP contribution is 2.36. The highest BCUT2D eigenvalue weighted by molar-refractivity contribution is 6.30. The van der Waals surface area contributed by atoms with Crippen LogP contribution in [0.2, 0.25) is 5.02 Å². The van der Waals surface area contributed by atoms with E-state index in [1.54, 1.807) is 6.92 Å². The van der Waals surface area contributed by atoms with Crippen LogP contribution in [0, 0.1) is 0 Å². The average Bonchev–Trinajstić information content (AvgIpc) is 2.25. The van der Waals surface area contributed by atoms with E-state index in [2.05, 4.69) is 0 Å².